The van der Waals surface area contributed by atoms with Crippen LogP contribution in [0.15, 0.2) is 24.3 Å². The Kier molecular flexibility index (Phi) is 6.86. The van der Waals surface area contributed by atoms with Gasteiger partial charge in [0.1, 0.15) is 11.1 Å². The number of hydrogen-bond acceptors (Lipinski definition) is 15. The maximum atomic E-state index is 12.7. The lowest BCUT2D eigenvalue weighted by Crippen LogP contribution is -2.43. The Bertz CT molecular complexity index is 1310. The minimum absolute atomic E-state index is 0.315. The molecule has 186 valence electrons. The summed E-state index contributed by atoms with van der Waals surface area (Å²) in [5.41, 5.74) is -12.5. The number of hydrogen-bond donors (Lipinski definition) is 1. The molecule has 36 heavy (non-hydrogen) atoms. The van der Waals surface area contributed by atoms with Crippen molar-refractivity contribution < 1.29 is 39.1 Å². The minimum atomic E-state index is -1.94. The lowest BCUT2D eigenvalue weighted by molar-refractivity contribution is -0.441. The molecule has 2 aromatic rings. The van der Waals surface area contributed by atoms with Gasteiger partial charge in [0.25, 0.3) is 11.8 Å². The van der Waals surface area contributed by atoms with Crippen LogP contribution in [0.2, 0.25) is 0 Å². The number of nitro benzene ring substituents is 6. The van der Waals surface area contributed by atoms with Gasteiger partial charge in [-0.15, -0.1) is 0 Å². The van der Waals surface area contributed by atoms with Gasteiger partial charge in [-0.1, -0.05) is 0 Å². The molecular weight excluding hydrogens is 504 g/mol. The summed E-state index contributed by atoms with van der Waals surface area (Å²) >= 11 is 0. The van der Waals surface area contributed by atoms with Crippen LogP contribution >= 0.6 is 0 Å². The molecule has 0 aliphatic heterocycles. The normalized spacial score (nSPS) is 10.2. The zero-order chi connectivity index (χ0) is 27.6. The first-order valence-corrected chi connectivity index (χ1v) is 8.47. The Morgan fingerprint density at radius 2 is 0.806 bits per heavy atom. The van der Waals surface area contributed by atoms with E-state index in [0.717, 1.165) is 0 Å². The Morgan fingerprint density at radius 3 is 1.03 bits per heavy atom. The molecule has 0 saturated carbocycles. The monoisotopic (exact) mass is 510 g/mol. The van der Waals surface area contributed by atoms with Crippen molar-refractivity contribution in [3.63, 3.8) is 0 Å². The molecule has 22 nitrogen and oxygen atoms in total. The Balaban J connectivity index is 2.77. The molecule has 0 aliphatic carbocycles. The highest BCUT2D eigenvalue weighted by Gasteiger charge is 2.45. The number of amides is 2. The average molecular weight is 510 g/mol. The van der Waals surface area contributed by atoms with Gasteiger partial charge < -0.3 is 0 Å². The predicted octanol–water partition coefficient (Wildman–Crippen LogP) is 1.29. The van der Waals surface area contributed by atoms with Crippen LogP contribution in [0.1, 0.15) is 20.7 Å². The van der Waals surface area contributed by atoms with E-state index in [1.165, 1.54) is 0 Å². The maximum absolute atomic E-state index is 12.7. The van der Waals surface area contributed by atoms with Gasteiger partial charge in [-0.25, -0.2) is 10.9 Å². The van der Waals surface area contributed by atoms with E-state index in [-0.39, 0.29) is 0 Å². The summed E-state index contributed by atoms with van der Waals surface area (Å²) in [5.74, 6) is 1.40. The molecule has 0 spiro atoms. The molecule has 0 heterocycles. The van der Waals surface area contributed by atoms with Crippen molar-refractivity contribution in [3.8, 4) is 0 Å². The highest BCUT2D eigenvalue weighted by Crippen LogP contribution is 2.41. The fourth-order valence-electron chi connectivity index (χ4n) is 2.86. The zero-order valence-electron chi connectivity index (χ0n) is 16.7. The number of carbonyl (C=O) groups excluding carboxylic acids is 2. The second-order valence-electron chi connectivity index (χ2n) is 6.18. The molecule has 0 aromatic heterocycles. The van der Waals surface area contributed by atoms with E-state index < -0.39 is 91.6 Å². The fraction of sp³-hybridized carbons (Fsp3) is 0. The summed E-state index contributed by atoms with van der Waals surface area (Å²) in [4.78, 5) is 83.7. The number of nitrogens with zero attached hydrogens (tertiary/aromatic N) is 7. The van der Waals surface area contributed by atoms with Crippen LogP contribution in [0.4, 0.5) is 34.1 Å². The lowest BCUT2D eigenvalue weighted by Gasteiger charge is -2.15. The first-order chi connectivity index (χ1) is 16.6. The van der Waals surface area contributed by atoms with E-state index in [1.54, 1.807) is 0 Å². The van der Waals surface area contributed by atoms with Crippen LogP contribution in [-0.4, -0.2) is 46.4 Å². The SMILES string of the molecule is NN(C(=O)c1ccc([N+](=O)[O-])c([N+](=O)[O-])c1[N+](=O)[O-])C(=O)c1ccc([N+](=O)[O-])c([N+](=O)[O-])c1[N+](=O)[O-]. The third-order valence-electron chi connectivity index (χ3n) is 4.28. The van der Waals surface area contributed by atoms with Gasteiger partial charge in [0.2, 0.25) is 0 Å². The van der Waals surface area contributed by atoms with E-state index in [9.17, 15) is 70.3 Å². The van der Waals surface area contributed by atoms with Crippen molar-refractivity contribution in [1.29, 1.82) is 0 Å². The first kappa shape index (κ1) is 26.2. The number of hydrazine groups is 1. The summed E-state index contributed by atoms with van der Waals surface area (Å²) in [6, 6.07) is 1.31. The number of imide groups is 1. The highest BCUT2D eigenvalue weighted by molar-refractivity contribution is 6.14. The molecule has 0 bridgehead atoms. The van der Waals surface area contributed by atoms with Crippen LogP contribution in [0.3, 0.4) is 0 Å². The van der Waals surface area contributed by atoms with E-state index in [1.807, 2.05) is 0 Å². The molecule has 2 amide bonds. The molecule has 0 saturated heterocycles. The van der Waals surface area contributed by atoms with Gasteiger partial charge in [0.05, 0.1) is 29.5 Å². The number of benzene rings is 2. The van der Waals surface area contributed by atoms with E-state index in [2.05, 4.69) is 0 Å². The number of carbonyl (C=O) groups is 2. The molecule has 22 heteroatoms. The standard InChI is InChI=1S/C14H6N8O14/c15-16(13(23)5-1-3-7(17(25)26)11(21(33)34)9(5)19(29)30)14(24)6-2-4-8(18(27)28)12(22(35)36)10(6)20(31)32/h1-4H,15H2. The third kappa shape index (κ3) is 4.39. The van der Waals surface area contributed by atoms with Gasteiger partial charge in [-0.05, 0) is 12.1 Å². The van der Waals surface area contributed by atoms with Gasteiger partial charge >= 0.3 is 34.1 Å². The van der Waals surface area contributed by atoms with E-state index >= 15 is 0 Å². The van der Waals surface area contributed by atoms with Crippen molar-refractivity contribution in [3.05, 3.63) is 96.1 Å². The van der Waals surface area contributed by atoms with Crippen molar-refractivity contribution in [2.75, 3.05) is 0 Å². The van der Waals surface area contributed by atoms with Crippen LogP contribution in [0, 0.1) is 60.7 Å². The maximum Gasteiger partial charge on any atom is 0.423 e. The highest BCUT2D eigenvalue weighted by atomic mass is 16.7. The Labute approximate surface area is 193 Å². The average Bonchev–Trinajstić information content (AvgIpc) is 2.79. The summed E-state index contributed by atoms with van der Waals surface area (Å²) < 4.78 is 0. The number of nitro groups is 6. The van der Waals surface area contributed by atoms with Crippen molar-refractivity contribution >= 4 is 45.9 Å². The second-order valence-corrected chi connectivity index (χ2v) is 6.18. The largest absolute Gasteiger partial charge is 0.423 e. The van der Waals surface area contributed by atoms with E-state index in [0.29, 0.717) is 24.3 Å². The summed E-state index contributed by atoms with van der Waals surface area (Å²) in [6.45, 7) is 0. The van der Waals surface area contributed by atoms with Gasteiger partial charge in [0.15, 0.2) is 0 Å². The summed E-state index contributed by atoms with van der Waals surface area (Å²) in [5, 5.41) is 66.8. The Morgan fingerprint density at radius 1 is 0.528 bits per heavy atom. The molecule has 0 aliphatic rings. The van der Waals surface area contributed by atoms with Crippen LogP contribution < -0.4 is 5.84 Å². The van der Waals surface area contributed by atoms with Gasteiger partial charge in [-0.2, -0.15) is 0 Å². The molecule has 0 radical (unpaired) electrons. The second kappa shape index (κ2) is 9.43. The molecule has 2 rings (SSSR count). The quantitative estimate of drug-likeness (QED) is 0.172. The number of nitrogens with two attached hydrogens (primary N) is 1. The van der Waals surface area contributed by atoms with Crippen LogP contribution in [0.5, 0.6) is 0 Å². The topological polar surface area (TPSA) is 322 Å². The smallest absolute Gasteiger partial charge is 0.267 e. The van der Waals surface area contributed by atoms with Crippen LogP contribution in [-0.2, 0) is 0 Å². The summed E-state index contributed by atoms with van der Waals surface area (Å²) in [6.07, 6.45) is 0. The molecular formula is C14H6N8O14. The van der Waals surface area contributed by atoms with Crippen molar-refractivity contribution in [1.82, 2.24) is 5.01 Å². The molecule has 2 N–H and O–H groups in total. The number of rotatable bonds is 8. The van der Waals surface area contributed by atoms with Crippen molar-refractivity contribution in [2.45, 2.75) is 0 Å². The molecule has 0 atom stereocenters. The van der Waals surface area contributed by atoms with Gasteiger partial charge in [0, 0.05) is 12.1 Å². The minimum Gasteiger partial charge on any atom is -0.267 e. The molecule has 2 aromatic carbocycles. The zero-order valence-corrected chi connectivity index (χ0v) is 16.7. The molecule has 0 unspecified atom stereocenters. The first-order valence-electron chi connectivity index (χ1n) is 8.47. The lowest BCUT2D eigenvalue weighted by atomic mass is 10.1. The summed E-state index contributed by atoms with van der Waals surface area (Å²) in [7, 11) is 0. The predicted molar refractivity (Wildman–Crippen MR) is 107 cm³/mol. The van der Waals surface area contributed by atoms with E-state index in [4.69, 9.17) is 5.84 Å². The Hall–Kier alpha value is -6.06. The van der Waals surface area contributed by atoms with Crippen molar-refractivity contribution in [2.24, 2.45) is 5.84 Å². The van der Waals surface area contributed by atoms with Gasteiger partial charge in [-0.3, -0.25) is 70.3 Å². The fourth-order valence-corrected chi connectivity index (χ4v) is 2.86. The van der Waals surface area contributed by atoms with Crippen LogP contribution in [0.25, 0.3) is 0 Å². The third-order valence-corrected chi connectivity index (χ3v) is 4.28. The molecule has 0 fully saturated rings.